The second kappa shape index (κ2) is 8.92. The van der Waals surface area contributed by atoms with E-state index in [0.717, 1.165) is 25.7 Å². The van der Waals surface area contributed by atoms with Crippen LogP contribution in [-0.4, -0.2) is 23.9 Å². The topological polar surface area (TPSA) is 29.5 Å². The van der Waals surface area contributed by atoms with E-state index >= 15 is 0 Å². The van der Waals surface area contributed by atoms with Crippen LogP contribution in [0.3, 0.4) is 0 Å². The van der Waals surface area contributed by atoms with Crippen molar-refractivity contribution in [3.05, 3.63) is 0 Å². The molecule has 1 aliphatic carbocycles. The molecule has 1 saturated carbocycles. The molecule has 0 amide bonds. The van der Waals surface area contributed by atoms with Crippen LogP contribution in [0.25, 0.3) is 0 Å². The summed E-state index contributed by atoms with van der Waals surface area (Å²) >= 11 is 0. The van der Waals surface area contributed by atoms with Crippen LogP contribution >= 0.6 is 0 Å². The molecular formula is C16H32O2. The smallest absolute Gasteiger partial charge is 0.0703 e. The SMILES string of the molecule is CCCCCCCCCC(O)CC1(OC)CCC1. The number of methoxy groups -OCH3 is 1. The van der Waals surface area contributed by atoms with Crippen LogP contribution in [0.1, 0.15) is 84.0 Å². The molecule has 0 spiro atoms. The van der Waals surface area contributed by atoms with Crippen molar-refractivity contribution < 1.29 is 9.84 Å². The number of hydrogen-bond donors (Lipinski definition) is 1. The first-order valence-electron chi connectivity index (χ1n) is 7.95. The van der Waals surface area contributed by atoms with E-state index < -0.39 is 0 Å². The summed E-state index contributed by atoms with van der Waals surface area (Å²) in [5.41, 5.74) is 0.0283. The van der Waals surface area contributed by atoms with Crippen molar-refractivity contribution >= 4 is 0 Å². The van der Waals surface area contributed by atoms with E-state index in [0.29, 0.717) is 0 Å². The summed E-state index contributed by atoms with van der Waals surface area (Å²) in [7, 11) is 1.79. The summed E-state index contributed by atoms with van der Waals surface area (Å²) in [5.74, 6) is 0. The molecular weight excluding hydrogens is 224 g/mol. The summed E-state index contributed by atoms with van der Waals surface area (Å²) < 4.78 is 5.56. The predicted molar refractivity (Wildman–Crippen MR) is 76.8 cm³/mol. The molecule has 1 N–H and O–H groups in total. The fourth-order valence-electron chi connectivity index (χ4n) is 2.93. The van der Waals surface area contributed by atoms with Gasteiger partial charge in [0.05, 0.1) is 11.7 Å². The lowest BCUT2D eigenvalue weighted by Gasteiger charge is -2.41. The summed E-state index contributed by atoms with van der Waals surface area (Å²) in [5, 5.41) is 10.0. The molecule has 1 fully saturated rings. The number of rotatable bonds is 11. The van der Waals surface area contributed by atoms with Crippen LogP contribution in [0.2, 0.25) is 0 Å². The zero-order valence-corrected chi connectivity index (χ0v) is 12.4. The van der Waals surface area contributed by atoms with Gasteiger partial charge in [-0.3, -0.25) is 0 Å². The third-order valence-corrected chi connectivity index (χ3v) is 4.45. The van der Waals surface area contributed by atoms with E-state index in [1.807, 2.05) is 0 Å². The van der Waals surface area contributed by atoms with Gasteiger partial charge in [-0.15, -0.1) is 0 Å². The maximum Gasteiger partial charge on any atom is 0.0703 e. The number of unbranched alkanes of at least 4 members (excludes halogenated alkanes) is 6. The van der Waals surface area contributed by atoms with E-state index in [1.165, 1.54) is 51.4 Å². The Kier molecular flexibility index (Phi) is 7.92. The minimum atomic E-state index is -0.152. The standard InChI is InChI=1S/C16H32O2/c1-3-4-5-6-7-8-9-11-15(17)14-16(18-2)12-10-13-16/h15,17H,3-14H2,1-2H3. The van der Waals surface area contributed by atoms with Crippen LogP contribution in [0.4, 0.5) is 0 Å². The van der Waals surface area contributed by atoms with Crippen LogP contribution in [-0.2, 0) is 4.74 Å². The molecule has 0 aromatic carbocycles. The highest BCUT2D eigenvalue weighted by molar-refractivity contribution is 4.91. The second-order valence-electron chi connectivity index (χ2n) is 6.01. The Labute approximate surface area is 113 Å². The van der Waals surface area contributed by atoms with Gasteiger partial charge in [-0.25, -0.2) is 0 Å². The molecule has 0 bridgehead atoms. The highest BCUT2D eigenvalue weighted by Gasteiger charge is 2.38. The van der Waals surface area contributed by atoms with Crippen molar-refractivity contribution in [3.63, 3.8) is 0 Å². The lowest BCUT2D eigenvalue weighted by Crippen LogP contribution is -2.42. The molecule has 0 aliphatic heterocycles. The lowest BCUT2D eigenvalue weighted by molar-refractivity contribution is -0.100. The molecule has 1 unspecified atom stereocenters. The molecule has 2 heteroatoms. The first-order chi connectivity index (χ1) is 8.72. The number of hydrogen-bond acceptors (Lipinski definition) is 2. The van der Waals surface area contributed by atoms with Crippen LogP contribution in [0.5, 0.6) is 0 Å². The van der Waals surface area contributed by atoms with E-state index in [1.54, 1.807) is 7.11 Å². The van der Waals surface area contributed by atoms with Gasteiger partial charge in [0, 0.05) is 13.5 Å². The Hall–Kier alpha value is -0.0800. The molecule has 1 aliphatic rings. The highest BCUT2D eigenvalue weighted by Crippen LogP contribution is 2.39. The van der Waals surface area contributed by atoms with Crippen molar-refractivity contribution in [3.8, 4) is 0 Å². The molecule has 108 valence electrons. The lowest BCUT2D eigenvalue weighted by atomic mass is 9.75. The predicted octanol–water partition coefficient (Wildman–Crippen LogP) is 4.45. The van der Waals surface area contributed by atoms with Gasteiger partial charge in [0.2, 0.25) is 0 Å². The molecule has 2 nitrogen and oxygen atoms in total. The quantitative estimate of drug-likeness (QED) is 0.553. The van der Waals surface area contributed by atoms with Crippen LogP contribution < -0.4 is 0 Å². The Morgan fingerprint density at radius 1 is 1.06 bits per heavy atom. The average molecular weight is 256 g/mol. The third-order valence-electron chi connectivity index (χ3n) is 4.45. The van der Waals surface area contributed by atoms with Gasteiger partial charge in [-0.1, -0.05) is 51.9 Å². The van der Waals surface area contributed by atoms with E-state index in [-0.39, 0.29) is 11.7 Å². The zero-order chi connectivity index (χ0) is 13.3. The fraction of sp³-hybridized carbons (Fsp3) is 1.00. The van der Waals surface area contributed by atoms with Crippen LogP contribution in [0, 0.1) is 0 Å². The minimum Gasteiger partial charge on any atom is -0.393 e. The number of aliphatic hydroxyl groups excluding tert-OH is 1. The Balaban J connectivity index is 1.95. The largest absolute Gasteiger partial charge is 0.393 e. The van der Waals surface area contributed by atoms with E-state index in [4.69, 9.17) is 4.74 Å². The maximum atomic E-state index is 10.0. The van der Waals surface area contributed by atoms with Gasteiger partial charge in [0.1, 0.15) is 0 Å². The Bertz CT molecular complexity index is 194. The van der Waals surface area contributed by atoms with Gasteiger partial charge in [0.25, 0.3) is 0 Å². The van der Waals surface area contributed by atoms with E-state index in [2.05, 4.69) is 6.92 Å². The normalized spacial score (nSPS) is 19.5. The molecule has 0 radical (unpaired) electrons. The summed E-state index contributed by atoms with van der Waals surface area (Å²) in [4.78, 5) is 0. The van der Waals surface area contributed by atoms with Gasteiger partial charge < -0.3 is 9.84 Å². The molecule has 1 rings (SSSR count). The molecule has 18 heavy (non-hydrogen) atoms. The third kappa shape index (κ3) is 5.71. The van der Waals surface area contributed by atoms with E-state index in [9.17, 15) is 5.11 Å². The van der Waals surface area contributed by atoms with Crippen LogP contribution in [0.15, 0.2) is 0 Å². The zero-order valence-electron chi connectivity index (χ0n) is 12.4. The molecule has 0 saturated heterocycles. The summed E-state index contributed by atoms with van der Waals surface area (Å²) in [6, 6.07) is 0. The average Bonchev–Trinajstić information content (AvgIpc) is 2.33. The number of ether oxygens (including phenoxy) is 1. The Morgan fingerprint density at radius 2 is 1.67 bits per heavy atom. The fourth-order valence-corrected chi connectivity index (χ4v) is 2.93. The minimum absolute atomic E-state index is 0.0283. The molecule has 0 aromatic heterocycles. The first-order valence-corrected chi connectivity index (χ1v) is 7.95. The maximum absolute atomic E-state index is 10.0. The van der Waals surface area contributed by atoms with Gasteiger partial charge in [-0.2, -0.15) is 0 Å². The van der Waals surface area contributed by atoms with Crippen molar-refractivity contribution in [1.29, 1.82) is 0 Å². The molecule has 0 aromatic rings. The molecule has 1 atom stereocenters. The van der Waals surface area contributed by atoms with Gasteiger partial charge >= 0.3 is 0 Å². The summed E-state index contributed by atoms with van der Waals surface area (Å²) in [6.45, 7) is 2.25. The van der Waals surface area contributed by atoms with Gasteiger partial charge in [-0.05, 0) is 25.7 Å². The van der Waals surface area contributed by atoms with Crippen molar-refractivity contribution in [1.82, 2.24) is 0 Å². The molecule has 0 heterocycles. The van der Waals surface area contributed by atoms with Crippen molar-refractivity contribution in [2.24, 2.45) is 0 Å². The number of aliphatic hydroxyl groups is 1. The van der Waals surface area contributed by atoms with Gasteiger partial charge in [0.15, 0.2) is 0 Å². The van der Waals surface area contributed by atoms with Crippen molar-refractivity contribution in [2.45, 2.75) is 95.7 Å². The second-order valence-corrected chi connectivity index (χ2v) is 6.01. The first kappa shape index (κ1) is 16.0. The highest BCUT2D eigenvalue weighted by atomic mass is 16.5. The summed E-state index contributed by atoms with van der Waals surface area (Å²) in [6.07, 6.45) is 14.4. The van der Waals surface area contributed by atoms with Crippen molar-refractivity contribution in [2.75, 3.05) is 7.11 Å². The Morgan fingerprint density at radius 3 is 2.17 bits per heavy atom. The monoisotopic (exact) mass is 256 g/mol.